The number of halogens is 1. The normalized spacial score (nSPS) is 25.6. The van der Waals surface area contributed by atoms with Gasteiger partial charge < -0.3 is 5.32 Å². The SMILES string of the molecule is Clc1ccc(CCNC2CCN(C3CC3)C2)s1. The van der Waals surface area contributed by atoms with E-state index in [9.17, 15) is 0 Å². The topological polar surface area (TPSA) is 15.3 Å². The largest absolute Gasteiger partial charge is 0.312 e. The molecule has 0 aromatic carbocycles. The zero-order chi connectivity index (χ0) is 11.7. The van der Waals surface area contributed by atoms with Gasteiger partial charge in [0.1, 0.15) is 0 Å². The standard InChI is InChI=1S/C13H19ClN2S/c14-13-4-3-12(17-13)5-7-15-10-6-8-16(9-10)11-1-2-11/h3-4,10-11,15H,1-2,5-9H2. The number of hydrogen-bond donors (Lipinski definition) is 1. The van der Waals surface area contributed by atoms with Crippen molar-refractivity contribution in [1.29, 1.82) is 0 Å². The van der Waals surface area contributed by atoms with Crippen molar-refractivity contribution in [2.24, 2.45) is 0 Å². The molecule has 1 atom stereocenters. The van der Waals surface area contributed by atoms with Crippen LogP contribution in [-0.4, -0.2) is 36.6 Å². The molecule has 0 amide bonds. The Balaban J connectivity index is 1.37. The molecule has 2 aliphatic rings. The first kappa shape index (κ1) is 12.0. The van der Waals surface area contributed by atoms with Crippen LogP contribution >= 0.6 is 22.9 Å². The average Bonchev–Trinajstić information content (AvgIpc) is 2.93. The van der Waals surface area contributed by atoms with Crippen molar-refractivity contribution in [3.8, 4) is 0 Å². The van der Waals surface area contributed by atoms with E-state index in [0.29, 0.717) is 6.04 Å². The molecule has 2 heterocycles. The molecule has 1 saturated heterocycles. The van der Waals surface area contributed by atoms with Crippen LogP contribution in [-0.2, 0) is 6.42 Å². The molecular formula is C13H19ClN2S. The molecule has 0 spiro atoms. The summed E-state index contributed by atoms with van der Waals surface area (Å²) in [5.41, 5.74) is 0. The molecule has 17 heavy (non-hydrogen) atoms. The smallest absolute Gasteiger partial charge is 0.0931 e. The lowest BCUT2D eigenvalue weighted by Gasteiger charge is -2.15. The second-order valence-electron chi connectivity index (χ2n) is 5.12. The molecule has 1 aliphatic heterocycles. The first-order chi connectivity index (χ1) is 8.31. The molecule has 2 fully saturated rings. The minimum absolute atomic E-state index is 0.714. The van der Waals surface area contributed by atoms with Crippen molar-refractivity contribution >= 4 is 22.9 Å². The summed E-state index contributed by atoms with van der Waals surface area (Å²) in [4.78, 5) is 4.04. The second kappa shape index (κ2) is 5.27. The number of rotatable bonds is 5. The van der Waals surface area contributed by atoms with Gasteiger partial charge in [-0.15, -0.1) is 11.3 Å². The van der Waals surface area contributed by atoms with Gasteiger partial charge in [-0.05, 0) is 37.8 Å². The quantitative estimate of drug-likeness (QED) is 0.885. The lowest BCUT2D eigenvalue weighted by atomic mass is 10.2. The fourth-order valence-corrected chi connectivity index (χ4v) is 3.70. The summed E-state index contributed by atoms with van der Waals surface area (Å²) >= 11 is 7.62. The number of nitrogens with zero attached hydrogens (tertiary/aromatic N) is 1. The first-order valence-corrected chi connectivity index (χ1v) is 7.72. The lowest BCUT2D eigenvalue weighted by Crippen LogP contribution is -2.34. The first-order valence-electron chi connectivity index (χ1n) is 6.53. The van der Waals surface area contributed by atoms with Crippen LogP contribution in [0.3, 0.4) is 0 Å². The van der Waals surface area contributed by atoms with Crippen LogP contribution in [0.4, 0.5) is 0 Å². The van der Waals surface area contributed by atoms with Crippen LogP contribution in [0.1, 0.15) is 24.1 Å². The molecule has 1 N–H and O–H groups in total. The predicted molar refractivity (Wildman–Crippen MR) is 74.0 cm³/mol. The van der Waals surface area contributed by atoms with Crippen molar-refractivity contribution < 1.29 is 0 Å². The van der Waals surface area contributed by atoms with Crippen LogP contribution in [0.15, 0.2) is 12.1 Å². The predicted octanol–water partition coefficient (Wildman–Crippen LogP) is 2.77. The Hall–Kier alpha value is -0.0900. The number of hydrogen-bond acceptors (Lipinski definition) is 3. The van der Waals surface area contributed by atoms with Gasteiger partial charge in [-0.3, -0.25) is 4.90 Å². The number of thiophene rings is 1. The average molecular weight is 271 g/mol. The molecule has 0 bridgehead atoms. The molecule has 1 saturated carbocycles. The Bertz CT molecular complexity index is 375. The Labute approximate surface area is 112 Å². The summed E-state index contributed by atoms with van der Waals surface area (Å²) in [6, 6.07) is 5.77. The summed E-state index contributed by atoms with van der Waals surface area (Å²) < 4.78 is 0.903. The highest BCUT2D eigenvalue weighted by molar-refractivity contribution is 7.16. The van der Waals surface area contributed by atoms with Crippen molar-refractivity contribution in [1.82, 2.24) is 10.2 Å². The molecule has 2 nitrogen and oxygen atoms in total. The van der Waals surface area contributed by atoms with Crippen LogP contribution in [0.25, 0.3) is 0 Å². The van der Waals surface area contributed by atoms with Crippen molar-refractivity contribution in [3.05, 3.63) is 21.3 Å². The van der Waals surface area contributed by atoms with Crippen LogP contribution in [0.5, 0.6) is 0 Å². The van der Waals surface area contributed by atoms with Crippen molar-refractivity contribution in [2.75, 3.05) is 19.6 Å². The van der Waals surface area contributed by atoms with E-state index in [1.165, 1.54) is 37.2 Å². The van der Waals surface area contributed by atoms with Gasteiger partial charge in [0.2, 0.25) is 0 Å². The van der Waals surface area contributed by atoms with Gasteiger partial charge in [0.15, 0.2) is 0 Å². The molecule has 1 aromatic rings. The minimum Gasteiger partial charge on any atom is -0.312 e. The molecule has 4 heteroatoms. The highest BCUT2D eigenvalue weighted by Crippen LogP contribution is 2.29. The van der Waals surface area contributed by atoms with Gasteiger partial charge in [0, 0.05) is 36.6 Å². The van der Waals surface area contributed by atoms with E-state index >= 15 is 0 Å². The fourth-order valence-electron chi connectivity index (χ4n) is 2.61. The molecule has 1 unspecified atom stereocenters. The van der Waals surface area contributed by atoms with E-state index in [1.807, 2.05) is 6.07 Å². The molecule has 3 rings (SSSR count). The van der Waals surface area contributed by atoms with Crippen molar-refractivity contribution in [2.45, 2.75) is 37.8 Å². The Morgan fingerprint density at radius 2 is 2.24 bits per heavy atom. The van der Waals surface area contributed by atoms with Gasteiger partial charge in [-0.25, -0.2) is 0 Å². The van der Waals surface area contributed by atoms with Crippen molar-refractivity contribution in [3.63, 3.8) is 0 Å². The zero-order valence-electron chi connectivity index (χ0n) is 9.99. The van der Waals surface area contributed by atoms with E-state index in [-0.39, 0.29) is 0 Å². The molecular weight excluding hydrogens is 252 g/mol. The maximum Gasteiger partial charge on any atom is 0.0931 e. The summed E-state index contributed by atoms with van der Waals surface area (Å²) in [7, 11) is 0. The molecule has 1 aliphatic carbocycles. The lowest BCUT2D eigenvalue weighted by molar-refractivity contribution is 0.318. The third-order valence-electron chi connectivity index (χ3n) is 3.72. The van der Waals surface area contributed by atoms with Crippen LogP contribution in [0.2, 0.25) is 4.34 Å². The van der Waals surface area contributed by atoms with Gasteiger partial charge in [-0.1, -0.05) is 11.6 Å². The monoisotopic (exact) mass is 270 g/mol. The Morgan fingerprint density at radius 1 is 1.35 bits per heavy atom. The maximum atomic E-state index is 5.92. The molecule has 1 aromatic heterocycles. The van der Waals surface area contributed by atoms with Gasteiger partial charge in [0.05, 0.1) is 4.34 Å². The zero-order valence-corrected chi connectivity index (χ0v) is 11.6. The highest BCUT2D eigenvalue weighted by Gasteiger charge is 2.33. The molecule has 94 valence electrons. The van der Waals surface area contributed by atoms with Crippen LogP contribution < -0.4 is 5.32 Å². The molecule has 0 radical (unpaired) electrons. The van der Waals surface area contributed by atoms with E-state index in [0.717, 1.165) is 23.3 Å². The Kier molecular flexibility index (Phi) is 3.71. The maximum absolute atomic E-state index is 5.92. The van der Waals surface area contributed by atoms with E-state index < -0.39 is 0 Å². The third kappa shape index (κ3) is 3.22. The van der Waals surface area contributed by atoms with E-state index in [1.54, 1.807) is 11.3 Å². The summed E-state index contributed by atoms with van der Waals surface area (Å²) in [5, 5.41) is 3.67. The highest BCUT2D eigenvalue weighted by atomic mass is 35.5. The van der Waals surface area contributed by atoms with E-state index in [4.69, 9.17) is 11.6 Å². The van der Waals surface area contributed by atoms with E-state index in [2.05, 4.69) is 16.3 Å². The third-order valence-corrected chi connectivity index (χ3v) is 5.01. The van der Waals surface area contributed by atoms with Gasteiger partial charge in [-0.2, -0.15) is 0 Å². The summed E-state index contributed by atoms with van der Waals surface area (Å²) in [5.74, 6) is 0. The second-order valence-corrected chi connectivity index (χ2v) is 6.92. The van der Waals surface area contributed by atoms with Crippen LogP contribution in [0, 0.1) is 0 Å². The van der Waals surface area contributed by atoms with Gasteiger partial charge >= 0.3 is 0 Å². The number of likely N-dealkylation sites (tertiary alicyclic amines) is 1. The fraction of sp³-hybridized carbons (Fsp3) is 0.692. The summed E-state index contributed by atoms with van der Waals surface area (Å²) in [6.45, 7) is 3.64. The number of nitrogens with one attached hydrogen (secondary N) is 1. The Morgan fingerprint density at radius 3 is 2.94 bits per heavy atom. The summed E-state index contributed by atoms with van der Waals surface area (Å²) in [6.07, 6.45) is 5.29. The van der Waals surface area contributed by atoms with Gasteiger partial charge in [0.25, 0.3) is 0 Å². The minimum atomic E-state index is 0.714.